The fraction of sp³-hybridized carbons (Fsp3) is 0.368. The molecular weight excluding hydrogens is 444 g/mol. The van der Waals surface area contributed by atoms with Crippen molar-refractivity contribution in [2.45, 2.75) is 12.5 Å². The van der Waals surface area contributed by atoms with Gasteiger partial charge in [0.25, 0.3) is 5.91 Å². The maximum absolute atomic E-state index is 12.9. The third-order valence-electron chi connectivity index (χ3n) is 4.88. The molecule has 9 heteroatoms. The lowest BCUT2D eigenvalue weighted by Gasteiger charge is -2.18. The fourth-order valence-corrected chi connectivity index (χ4v) is 4.78. The second-order valence-electron chi connectivity index (χ2n) is 6.77. The van der Waals surface area contributed by atoms with E-state index < -0.39 is 12.0 Å². The lowest BCUT2D eigenvalue weighted by Crippen LogP contribution is -3.06. The first-order chi connectivity index (χ1) is 13.3. The minimum Gasteiger partial charge on any atom is -0.467 e. The highest BCUT2D eigenvalue weighted by molar-refractivity contribution is 9.10. The van der Waals surface area contributed by atoms with Crippen LogP contribution in [0.15, 0.2) is 39.6 Å². The molecule has 0 spiro atoms. The second kappa shape index (κ2) is 8.59. The lowest BCUT2D eigenvalue weighted by molar-refractivity contribution is -0.841. The van der Waals surface area contributed by atoms with Gasteiger partial charge in [-0.1, -0.05) is 22.0 Å². The van der Waals surface area contributed by atoms with Crippen LogP contribution in [0.4, 0.5) is 0 Å². The van der Waals surface area contributed by atoms with E-state index in [0.717, 1.165) is 32.8 Å². The van der Waals surface area contributed by atoms with Crippen molar-refractivity contribution in [1.82, 2.24) is 15.2 Å². The number of ether oxygens (including phenoxy) is 1. The molecule has 2 heterocycles. The highest BCUT2D eigenvalue weighted by atomic mass is 79.9. The molecule has 28 heavy (non-hydrogen) atoms. The first-order valence-electron chi connectivity index (χ1n) is 8.82. The Morgan fingerprint density at radius 3 is 2.89 bits per heavy atom. The Kier molecular flexibility index (Phi) is 6.36. The smallest absolute Gasteiger partial charge is 0.328 e. The van der Waals surface area contributed by atoms with E-state index in [1.54, 1.807) is 18.0 Å². The molecule has 1 aromatic heterocycles. The molecule has 2 aromatic rings. The number of hydrogen-bond donors (Lipinski definition) is 3. The Labute approximate surface area is 176 Å². The number of rotatable bonds is 6. The molecule has 2 atom stereocenters. The maximum atomic E-state index is 12.9. The van der Waals surface area contributed by atoms with Gasteiger partial charge in [0.05, 0.1) is 26.1 Å². The van der Waals surface area contributed by atoms with Crippen LogP contribution in [0.2, 0.25) is 0 Å². The van der Waals surface area contributed by atoms with Crippen LogP contribution in [0.5, 0.6) is 0 Å². The number of aromatic amines is 1. The summed E-state index contributed by atoms with van der Waals surface area (Å²) >= 11 is 5.07. The van der Waals surface area contributed by atoms with E-state index in [1.807, 2.05) is 31.5 Å². The molecule has 1 amide bonds. The van der Waals surface area contributed by atoms with E-state index in [2.05, 4.69) is 38.2 Å². The molecule has 150 valence electrons. The molecule has 1 aromatic carbocycles. The van der Waals surface area contributed by atoms with Gasteiger partial charge in [-0.05, 0) is 18.4 Å². The average Bonchev–Trinajstić information content (AvgIpc) is 3.20. The number of hydrogen-bond acceptors (Lipinski definition) is 5. The average molecular weight is 468 g/mol. The van der Waals surface area contributed by atoms with Crippen LogP contribution in [0.25, 0.3) is 10.9 Å². The summed E-state index contributed by atoms with van der Waals surface area (Å²) in [7, 11) is 5.42. The van der Waals surface area contributed by atoms with Gasteiger partial charge in [-0.3, -0.25) is 9.69 Å². The van der Waals surface area contributed by atoms with Gasteiger partial charge in [-0.2, -0.15) is 0 Å². The first-order valence-corrected chi connectivity index (χ1v) is 10.8. The third kappa shape index (κ3) is 4.06. The molecular formula is C19H24BrN4O3S+. The number of nitrogens with one attached hydrogen (secondary N) is 3. The number of carbonyl (C=O) groups is 2. The molecule has 0 saturated heterocycles. The van der Waals surface area contributed by atoms with Crippen LogP contribution >= 0.6 is 27.7 Å². The number of quaternary nitrogens is 1. The summed E-state index contributed by atoms with van der Waals surface area (Å²) in [6.45, 7) is 0.824. The minimum atomic E-state index is -0.753. The Balaban J connectivity index is 1.85. The number of fused-ring (bicyclic) bond motifs is 1. The highest BCUT2D eigenvalue weighted by Gasteiger charge is 2.34. The normalized spacial score (nSPS) is 17.9. The Morgan fingerprint density at radius 2 is 2.21 bits per heavy atom. The standard InChI is InChI=1S/C19H23BrN4O3S/c1-23-10-24(2)18(28-4)16(23)8-15(19(26)27-3)22-17(25)13-9-21-14-7-11(20)5-6-12(13)14/h5-7,9,15,21H,8,10H2,1-4H3,(H,22,25)/p+1. The van der Waals surface area contributed by atoms with Crippen LogP contribution in [-0.2, 0) is 9.53 Å². The first kappa shape index (κ1) is 20.8. The lowest BCUT2D eigenvalue weighted by atomic mass is 10.1. The van der Waals surface area contributed by atoms with Crippen molar-refractivity contribution >= 4 is 50.5 Å². The van der Waals surface area contributed by atoms with Crippen molar-refractivity contribution in [2.75, 3.05) is 34.1 Å². The Hall–Kier alpha value is -1.97. The van der Waals surface area contributed by atoms with Gasteiger partial charge in [0.1, 0.15) is 16.8 Å². The van der Waals surface area contributed by atoms with Crippen LogP contribution < -0.4 is 10.2 Å². The number of thioether (sulfide) groups is 1. The van der Waals surface area contributed by atoms with Gasteiger partial charge < -0.3 is 19.9 Å². The molecule has 0 radical (unpaired) electrons. The number of amides is 1. The topological polar surface area (TPSA) is 78.9 Å². The number of carbonyl (C=O) groups excluding carboxylic acids is 2. The van der Waals surface area contributed by atoms with E-state index in [0.29, 0.717) is 12.0 Å². The zero-order valence-electron chi connectivity index (χ0n) is 16.3. The van der Waals surface area contributed by atoms with Crippen molar-refractivity contribution in [3.05, 3.63) is 45.2 Å². The summed E-state index contributed by atoms with van der Waals surface area (Å²) in [5, 5.41) is 4.79. The van der Waals surface area contributed by atoms with Gasteiger partial charge in [0, 0.05) is 28.6 Å². The van der Waals surface area contributed by atoms with Crippen LogP contribution in [0, 0.1) is 0 Å². The third-order valence-corrected chi connectivity index (χ3v) is 6.31. The fourth-order valence-electron chi connectivity index (χ4n) is 3.54. The molecule has 0 aliphatic carbocycles. The molecule has 2 unspecified atom stereocenters. The predicted molar refractivity (Wildman–Crippen MR) is 114 cm³/mol. The zero-order chi connectivity index (χ0) is 20.4. The summed E-state index contributed by atoms with van der Waals surface area (Å²) in [6.07, 6.45) is 4.08. The van der Waals surface area contributed by atoms with Gasteiger partial charge in [-0.15, -0.1) is 11.8 Å². The molecule has 0 fully saturated rings. The van der Waals surface area contributed by atoms with Crippen LogP contribution in [0.1, 0.15) is 16.8 Å². The summed E-state index contributed by atoms with van der Waals surface area (Å²) in [4.78, 5) is 31.8. The Morgan fingerprint density at radius 1 is 1.46 bits per heavy atom. The number of aromatic nitrogens is 1. The van der Waals surface area contributed by atoms with Gasteiger partial charge in [0.15, 0.2) is 6.67 Å². The predicted octanol–water partition coefficient (Wildman–Crippen LogP) is 1.54. The number of benzene rings is 1. The van der Waals surface area contributed by atoms with Gasteiger partial charge in [0.2, 0.25) is 0 Å². The second-order valence-corrected chi connectivity index (χ2v) is 8.48. The van der Waals surface area contributed by atoms with Crippen molar-refractivity contribution < 1.29 is 19.2 Å². The molecule has 0 saturated carbocycles. The molecule has 3 rings (SSSR count). The largest absolute Gasteiger partial charge is 0.467 e. The summed E-state index contributed by atoms with van der Waals surface area (Å²) in [5.74, 6) is -0.759. The Bertz CT molecular complexity index is 942. The van der Waals surface area contributed by atoms with Crippen LogP contribution in [0.3, 0.4) is 0 Å². The molecule has 1 aliphatic rings. The number of halogens is 1. The maximum Gasteiger partial charge on any atom is 0.328 e. The van der Waals surface area contributed by atoms with Crippen LogP contribution in [-0.4, -0.2) is 61.9 Å². The summed E-state index contributed by atoms with van der Waals surface area (Å²) in [6, 6.07) is 4.91. The van der Waals surface area contributed by atoms with E-state index in [1.165, 1.54) is 12.0 Å². The van der Waals surface area contributed by atoms with Gasteiger partial charge in [-0.25, -0.2) is 4.79 Å². The monoisotopic (exact) mass is 467 g/mol. The SMILES string of the molecule is COC(=O)C(CC1=C(SC)N(C)C[NH+]1C)NC(=O)c1c[nH]c2cc(Br)ccc12. The molecule has 3 N–H and O–H groups in total. The van der Waals surface area contributed by atoms with Crippen molar-refractivity contribution in [3.8, 4) is 0 Å². The molecule has 7 nitrogen and oxygen atoms in total. The zero-order valence-corrected chi connectivity index (χ0v) is 18.7. The van der Waals surface area contributed by atoms with Crippen molar-refractivity contribution in [3.63, 3.8) is 0 Å². The summed E-state index contributed by atoms with van der Waals surface area (Å²) < 4.78 is 5.88. The summed E-state index contributed by atoms with van der Waals surface area (Å²) in [5.41, 5.74) is 2.44. The number of nitrogens with zero attached hydrogens (tertiary/aromatic N) is 1. The van der Waals surface area contributed by atoms with E-state index in [-0.39, 0.29) is 5.91 Å². The quantitative estimate of drug-likeness (QED) is 0.561. The number of H-pyrrole nitrogens is 1. The molecule has 1 aliphatic heterocycles. The van der Waals surface area contributed by atoms with E-state index >= 15 is 0 Å². The minimum absolute atomic E-state index is 0.306. The number of methoxy groups -OCH3 is 1. The molecule has 0 bridgehead atoms. The van der Waals surface area contributed by atoms with Gasteiger partial charge >= 0.3 is 5.97 Å². The van der Waals surface area contributed by atoms with Crippen molar-refractivity contribution in [1.29, 1.82) is 0 Å². The van der Waals surface area contributed by atoms with E-state index in [9.17, 15) is 9.59 Å². The highest BCUT2D eigenvalue weighted by Crippen LogP contribution is 2.24. The van der Waals surface area contributed by atoms with Crippen molar-refractivity contribution in [2.24, 2.45) is 0 Å². The number of esters is 1. The van der Waals surface area contributed by atoms with E-state index in [4.69, 9.17) is 4.74 Å².